The van der Waals surface area contributed by atoms with Crippen molar-refractivity contribution >= 4 is 5.91 Å². The molecule has 3 heteroatoms. The molecule has 3 nitrogen and oxygen atoms in total. The third-order valence-electron chi connectivity index (χ3n) is 4.29. The van der Waals surface area contributed by atoms with Gasteiger partial charge in [-0.05, 0) is 43.8 Å². The standard InChI is InChI=1S/C18H29NO2/c1-5-8-16(13-17(7-3)21-4)19-18(20)15-11-9-14(6-2)10-12-15/h5,8,13-15H,1,6-7,9-12H2,2-4H3,(H,19,20)/b16-8+,17-13+. The van der Waals surface area contributed by atoms with Crippen LogP contribution in [0.25, 0.3) is 0 Å². The molecule has 0 aromatic carbocycles. The van der Waals surface area contributed by atoms with Gasteiger partial charge in [-0.3, -0.25) is 4.79 Å². The highest BCUT2D eigenvalue weighted by molar-refractivity contribution is 5.81. The van der Waals surface area contributed by atoms with Gasteiger partial charge < -0.3 is 10.1 Å². The van der Waals surface area contributed by atoms with E-state index in [1.807, 2.05) is 19.1 Å². The van der Waals surface area contributed by atoms with Gasteiger partial charge in [-0.2, -0.15) is 0 Å². The summed E-state index contributed by atoms with van der Waals surface area (Å²) in [4.78, 5) is 12.4. The second-order valence-electron chi connectivity index (χ2n) is 5.64. The van der Waals surface area contributed by atoms with Gasteiger partial charge in [-0.1, -0.05) is 32.9 Å². The Bertz CT molecular complexity index is 395. The molecule has 0 unspecified atom stereocenters. The molecule has 1 N–H and O–H groups in total. The van der Waals surface area contributed by atoms with Crippen molar-refractivity contribution in [2.75, 3.05) is 7.11 Å². The van der Waals surface area contributed by atoms with Gasteiger partial charge in [0, 0.05) is 18.0 Å². The SMILES string of the molecule is C=C/C=C(\C=C(/CC)OC)NC(=O)C1CCC(CC)CC1. The summed E-state index contributed by atoms with van der Waals surface area (Å²) in [7, 11) is 1.65. The predicted molar refractivity (Wildman–Crippen MR) is 87.5 cm³/mol. The Morgan fingerprint density at radius 3 is 2.43 bits per heavy atom. The lowest BCUT2D eigenvalue weighted by Gasteiger charge is -2.27. The van der Waals surface area contributed by atoms with Crippen LogP contribution in [-0.2, 0) is 9.53 Å². The van der Waals surface area contributed by atoms with Gasteiger partial charge in [0.15, 0.2) is 0 Å². The molecule has 0 heterocycles. The summed E-state index contributed by atoms with van der Waals surface area (Å²) in [6.07, 6.45) is 11.7. The van der Waals surface area contributed by atoms with E-state index in [1.165, 1.54) is 19.3 Å². The molecular formula is C18H29NO2. The van der Waals surface area contributed by atoms with Crippen molar-refractivity contribution in [2.45, 2.75) is 52.4 Å². The molecule has 0 spiro atoms. The van der Waals surface area contributed by atoms with E-state index >= 15 is 0 Å². The van der Waals surface area contributed by atoms with Crippen LogP contribution < -0.4 is 5.32 Å². The van der Waals surface area contributed by atoms with Crippen LogP contribution in [0.2, 0.25) is 0 Å². The fourth-order valence-electron chi connectivity index (χ4n) is 2.81. The molecule has 118 valence electrons. The molecule has 0 atom stereocenters. The zero-order chi connectivity index (χ0) is 15.7. The Balaban J connectivity index is 2.63. The minimum absolute atomic E-state index is 0.125. The maximum absolute atomic E-state index is 12.4. The summed E-state index contributed by atoms with van der Waals surface area (Å²) in [5.74, 6) is 1.91. The molecule has 0 aliphatic heterocycles. The van der Waals surface area contributed by atoms with Crippen molar-refractivity contribution in [3.63, 3.8) is 0 Å². The molecule has 21 heavy (non-hydrogen) atoms. The van der Waals surface area contributed by atoms with Gasteiger partial charge in [0.2, 0.25) is 5.91 Å². The molecule has 1 rings (SSSR count). The normalized spacial score (nSPS) is 23.6. The van der Waals surface area contributed by atoms with E-state index < -0.39 is 0 Å². The number of ether oxygens (including phenoxy) is 1. The summed E-state index contributed by atoms with van der Waals surface area (Å²) < 4.78 is 5.27. The summed E-state index contributed by atoms with van der Waals surface area (Å²) in [5.41, 5.74) is 0.756. The first-order chi connectivity index (χ1) is 10.1. The predicted octanol–water partition coefficient (Wildman–Crippen LogP) is 4.33. The van der Waals surface area contributed by atoms with Crippen LogP contribution in [0.3, 0.4) is 0 Å². The molecule has 0 bridgehead atoms. The number of methoxy groups -OCH3 is 1. The summed E-state index contributed by atoms with van der Waals surface area (Å²) >= 11 is 0. The fourth-order valence-corrected chi connectivity index (χ4v) is 2.81. The van der Waals surface area contributed by atoms with E-state index in [4.69, 9.17) is 4.74 Å². The van der Waals surface area contributed by atoms with Gasteiger partial charge in [-0.15, -0.1) is 0 Å². The van der Waals surface area contributed by atoms with Crippen molar-refractivity contribution in [2.24, 2.45) is 11.8 Å². The highest BCUT2D eigenvalue weighted by Crippen LogP contribution is 2.30. The van der Waals surface area contributed by atoms with Crippen LogP contribution in [0.15, 0.2) is 36.3 Å². The van der Waals surface area contributed by atoms with E-state index in [9.17, 15) is 4.79 Å². The highest BCUT2D eigenvalue weighted by atomic mass is 16.5. The highest BCUT2D eigenvalue weighted by Gasteiger charge is 2.25. The number of amides is 1. The Morgan fingerprint density at radius 2 is 1.95 bits per heavy atom. The fraction of sp³-hybridized carbons (Fsp3) is 0.611. The average Bonchev–Trinajstić information content (AvgIpc) is 2.52. The maximum Gasteiger partial charge on any atom is 0.227 e. The third kappa shape index (κ3) is 5.78. The van der Waals surface area contributed by atoms with Gasteiger partial charge in [0.05, 0.1) is 12.9 Å². The van der Waals surface area contributed by atoms with E-state index in [1.54, 1.807) is 13.2 Å². The summed E-state index contributed by atoms with van der Waals surface area (Å²) in [6.45, 7) is 7.96. The van der Waals surface area contributed by atoms with E-state index in [2.05, 4.69) is 18.8 Å². The van der Waals surface area contributed by atoms with Crippen LogP contribution in [0.1, 0.15) is 52.4 Å². The Hall–Kier alpha value is -1.51. The van der Waals surface area contributed by atoms with Crippen molar-refractivity contribution in [3.8, 4) is 0 Å². The smallest absolute Gasteiger partial charge is 0.227 e. The Labute approximate surface area is 129 Å². The van der Waals surface area contributed by atoms with Gasteiger partial charge in [-0.25, -0.2) is 0 Å². The van der Waals surface area contributed by atoms with Crippen LogP contribution in [-0.4, -0.2) is 13.0 Å². The van der Waals surface area contributed by atoms with Gasteiger partial charge in [0.1, 0.15) is 0 Å². The topological polar surface area (TPSA) is 38.3 Å². The lowest BCUT2D eigenvalue weighted by atomic mass is 9.80. The molecule has 1 aliphatic carbocycles. The molecule has 0 aromatic heterocycles. The lowest BCUT2D eigenvalue weighted by Crippen LogP contribution is -2.32. The van der Waals surface area contributed by atoms with Crippen LogP contribution in [0, 0.1) is 11.8 Å². The van der Waals surface area contributed by atoms with Crippen LogP contribution in [0.4, 0.5) is 0 Å². The Kier molecular flexibility index (Phi) is 7.88. The van der Waals surface area contributed by atoms with Crippen molar-refractivity contribution in [1.82, 2.24) is 5.32 Å². The van der Waals surface area contributed by atoms with Crippen molar-refractivity contribution in [3.05, 3.63) is 36.3 Å². The first-order valence-corrected chi connectivity index (χ1v) is 8.02. The van der Waals surface area contributed by atoms with Crippen LogP contribution in [0.5, 0.6) is 0 Å². The summed E-state index contributed by atoms with van der Waals surface area (Å²) in [5, 5.41) is 3.01. The minimum atomic E-state index is 0.125. The molecule has 0 radical (unpaired) electrons. The first-order valence-electron chi connectivity index (χ1n) is 8.02. The number of hydrogen-bond donors (Lipinski definition) is 1. The zero-order valence-corrected chi connectivity index (χ0v) is 13.7. The second-order valence-corrected chi connectivity index (χ2v) is 5.64. The van der Waals surface area contributed by atoms with E-state index in [0.717, 1.165) is 36.6 Å². The van der Waals surface area contributed by atoms with Gasteiger partial charge in [0.25, 0.3) is 0 Å². The largest absolute Gasteiger partial charge is 0.501 e. The number of nitrogens with one attached hydrogen (secondary N) is 1. The quantitative estimate of drug-likeness (QED) is 0.560. The number of rotatable bonds is 7. The number of allylic oxidation sites excluding steroid dienone is 4. The van der Waals surface area contributed by atoms with E-state index in [0.29, 0.717) is 0 Å². The van der Waals surface area contributed by atoms with Crippen molar-refractivity contribution < 1.29 is 9.53 Å². The summed E-state index contributed by atoms with van der Waals surface area (Å²) in [6, 6.07) is 0. The maximum atomic E-state index is 12.4. The number of hydrogen-bond acceptors (Lipinski definition) is 2. The molecule has 1 fully saturated rings. The second kappa shape index (κ2) is 9.43. The monoisotopic (exact) mass is 291 g/mol. The number of carbonyl (C=O) groups is 1. The molecule has 1 aliphatic rings. The number of carbonyl (C=O) groups excluding carboxylic acids is 1. The third-order valence-corrected chi connectivity index (χ3v) is 4.29. The Morgan fingerprint density at radius 1 is 1.29 bits per heavy atom. The molecule has 1 amide bonds. The van der Waals surface area contributed by atoms with Gasteiger partial charge >= 0.3 is 0 Å². The van der Waals surface area contributed by atoms with Crippen molar-refractivity contribution in [1.29, 1.82) is 0 Å². The zero-order valence-electron chi connectivity index (χ0n) is 13.7. The lowest BCUT2D eigenvalue weighted by molar-refractivity contribution is -0.125. The van der Waals surface area contributed by atoms with Crippen LogP contribution >= 0.6 is 0 Å². The molecule has 0 aromatic rings. The minimum Gasteiger partial charge on any atom is -0.501 e. The average molecular weight is 291 g/mol. The molecular weight excluding hydrogens is 262 g/mol. The first kappa shape index (κ1) is 17.5. The molecule has 1 saturated carbocycles. The van der Waals surface area contributed by atoms with E-state index in [-0.39, 0.29) is 11.8 Å². The molecule has 0 saturated heterocycles.